The van der Waals surface area contributed by atoms with E-state index in [1.165, 1.54) is 25.7 Å². The molecular formula is C14H25NO2. The predicted octanol–water partition coefficient (Wildman–Crippen LogP) is 2.04. The molecule has 0 aromatic rings. The maximum Gasteiger partial charge on any atom is 0.223 e. The van der Waals surface area contributed by atoms with Gasteiger partial charge >= 0.3 is 0 Å². The van der Waals surface area contributed by atoms with Gasteiger partial charge in [0.15, 0.2) is 0 Å². The van der Waals surface area contributed by atoms with Crippen LogP contribution in [0.3, 0.4) is 0 Å². The molecule has 0 saturated heterocycles. The lowest BCUT2D eigenvalue weighted by Crippen LogP contribution is -2.48. The summed E-state index contributed by atoms with van der Waals surface area (Å²) in [5.41, 5.74) is -0.436. The van der Waals surface area contributed by atoms with Crippen molar-refractivity contribution in [1.82, 2.24) is 4.90 Å². The molecule has 0 aliphatic heterocycles. The molecule has 2 aliphatic carbocycles. The molecule has 0 heterocycles. The van der Waals surface area contributed by atoms with E-state index in [0.29, 0.717) is 12.3 Å². The van der Waals surface area contributed by atoms with Gasteiger partial charge in [-0.3, -0.25) is 4.79 Å². The van der Waals surface area contributed by atoms with E-state index in [9.17, 15) is 9.90 Å². The summed E-state index contributed by atoms with van der Waals surface area (Å²) in [6, 6.07) is 0. The van der Waals surface area contributed by atoms with Crippen molar-refractivity contribution >= 4 is 5.91 Å². The van der Waals surface area contributed by atoms with Gasteiger partial charge in [0.05, 0.1) is 12.1 Å². The topological polar surface area (TPSA) is 40.5 Å². The zero-order valence-electron chi connectivity index (χ0n) is 11.3. The molecule has 98 valence electrons. The van der Waals surface area contributed by atoms with E-state index in [2.05, 4.69) is 0 Å². The minimum Gasteiger partial charge on any atom is -0.394 e. The second kappa shape index (κ2) is 4.60. The Morgan fingerprint density at radius 1 is 1.35 bits per heavy atom. The van der Waals surface area contributed by atoms with Crippen LogP contribution in [0.25, 0.3) is 0 Å². The van der Waals surface area contributed by atoms with Gasteiger partial charge in [-0.25, -0.2) is 0 Å². The number of amides is 1. The Hall–Kier alpha value is -0.570. The van der Waals surface area contributed by atoms with E-state index >= 15 is 0 Å². The fourth-order valence-corrected chi connectivity index (χ4v) is 3.43. The van der Waals surface area contributed by atoms with Gasteiger partial charge in [0.25, 0.3) is 0 Å². The van der Waals surface area contributed by atoms with Gasteiger partial charge in [0.1, 0.15) is 0 Å². The standard InChI is InChI=1S/C14H25NO2/c1-14(2,9-16)15(3)13(17)8-12-7-10-4-5-11(12)6-10/h10-12,16H,4-9H2,1-3H3. The first-order valence-corrected chi connectivity index (χ1v) is 6.81. The Kier molecular flexibility index (Phi) is 3.48. The third kappa shape index (κ3) is 2.49. The van der Waals surface area contributed by atoms with Crippen molar-refractivity contribution in [1.29, 1.82) is 0 Å². The van der Waals surface area contributed by atoms with Crippen LogP contribution < -0.4 is 0 Å². The lowest BCUT2D eigenvalue weighted by atomic mass is 9.86. The Labute approximate surface area is 104 Å². The van der Waals surface area contributed by atoms with E-state index in [-0.39, 0.29) is 12.5 Å². The van der Waals surface area contributed by atoms with Gasteiger partial charge in [-0.1, -0.05) is 6.42 Å². The van der Waals surface area contributed by atoms with Crippen LogP contribution in [-0.4, -0.2) is 35.1 Å². The summed E-state index contributed by atoms with van der Waals surface area (Å²) < 4.78 is 0. The van der Waals surface area contributed by atoms with Crippen molar-refractivity contribution in [3.63, 3.8) is 0 Å². The van der Waals surface area contributed by atoms with Crippen LogP contribution in [0.4, 0.5) is 0 Å². The third-order valence-corrected chi connectivity index (χ3v) is 4.99. The van der Waals surface area contributed by atoms with Crippen LogP contribution in [-0.2, 0) is 4.79 Å². The number of nitrogens with zero attached hydrogens (tertiary/aromatic N) is 1. The molecule has 17 heavy (non-hydrogen) atoms. The van der Waals surface area contributed by atoms with E-state index in [4.69, 9.17) is 0 Å². The average molecular weight is 239 g/mol. The van der Waals surface area contributed by atoms with Crippen molar-refractivity contribution in [2.45, 2.75) is 51.5 Å². The highest BCUT2D eigenvalue weighted by molar-refractivity contribution is 5.77. The monoisotopic (exact) mass is 239 g/mol. The Bertz CT molecular complexity index is 301. The van der Waals surface area contributed by atoms with Gasteiger partial charge in [-0.05, 0) is 50.9 Å². The Morgan fingerprint density at radius 3 is 2.53 bits per heavy atom. The minimum atomic E-state index is -0.436. The summed E-state index contributed by atoms with van der Waals surface area (Å²) in [5.74, 6) is 2.50. The summed E-state index contributed by atoms with van der Waals surface area (Å²) in [5, 5.41) is 9.29. The lowest BCUT2D eigenvalue weighted by Gasteiger charge is -2.35. The number of rotatable bonds is 4. The molecule has 2 rings (SSSR count). The number of aliphatic hydroxyl groups excluding tert-OH is 1. The predicted molar refractivity (Wildman–Crippen MR) is 67.5 cm³/mol. The number of hydrogen-bond acceptors (Lipinski definition) is 2. The first kappa shape index (κ1) is 12.9. The van der Waals surface area contributed by atoms with Gasteiger partial charge in [0, 0.05) is 13.5 Å². The summed E-state index contributed by atoms with van der Waals surface area (Å²) >= 11 is 0. The van der Waals surface area contributed by atoms with E-state index in [0.717, 1.165) is 11.8 Å². The fraction of sp³-hybridized carbons (Fsp3) is 0.929. The molecule has 3 unspecified atom stereocenters. The second-order valence-electron chi connectivity index (χ2n) is 6.56. The van der Waals surface area contributed by atoms with Gasteiger partial charge < -0.3 is 10.0 Å². The molecule has 0 radical (unpaired) electrons. The number of fused-ring (bicyclic) bond motifs is 2. The number of carbonyl (C=O) groups excluding carboxylic acids is 1. The van der Waals surface area contributed by atoms with Crippen molar-refractivity contribution < 1.29 is 9.90 Å². The van der Waals surface area contributed by atoms with Crippen molar-refractivity contribution in [3.8, 4) is 0 Å². The number of carbonyl (C=O) groups is 1. The molecule has 1 amide bonds. The number of aliphatic hydroxyl groups is 1. The molecule has 0 aromatic carbocycles. The maximum atomic E-state index is 12.2. The molecule has 2 aliphatic rings. The molecule has 2 fully saturated rings. The van der Waals surface area contributed by atoms with Crippen molar-refractivity contribution in [2.24, 2.45) is 17.8 Å². The SMILES string of the molecule is CN(C(=O)CC1CC2CCC1C2)C(C)(C)CO. The summed E-state index contributed by atoms with van der Waals surface area (Å²) in [6.07, 6.45) is 6.00. The zero-order chi connectivity index (χ0) is 12.6. The van der Waals surface area contributed by atoms with Crippen molar-refractivity contribution in [3.05, 3.63) is 0 Å². The van der Waals surface area contributed by atoms with Crippen LogP contribution >= 0.6 is 0 Å². The molecule has 0 aromatic heterocycles. The normalized spacial score (nSPS) is 31.9. The van der Waals surface area contributed by atoms with Crippen LogP contribution in [0.15, 0.2) is 0 Å². The molecular weight excluding hydrogens is 214 g/mol. The maximum absolute atomic E-state index is 12.2. The van der Waals surface area contributed by atoms with Crippen LogP contribution in [0.5, 0.6) is 0 Å². The average Bonchev–Trinajstić information content (AvgIpc) is 2.89. The smallest absolute Gasteiger partial charge is 0.223 e. The van der Waals surface area contributed by atoms with Crippen LogP contribution in [0.2, 0.25) is 0 Å². The Balaban J connectivity index is 1.89. The number of hydrogen-bond donors (Lipinski definition) is 1. The fourth-order valence-electron chi connectivity index (χ4n) is 3.43. The molecule has 3 heteroatoms. The molecule has 3 atom stereocenters. The summed E-state index contributed by atoms with van der Waals surface area (Å²) in [7, 11) is 1.81. The van der Waals surface area contributed by atoms with Gasteiger partial charge in [-0.2, -0.15) is 0 Å². The summed E-state index contributed by atoms with van der Waals surface area (Å²) in [6.45, 7) is 3.84. The van der Waals surface area contributed by atoms with E-state index < -0.39 is 5.54 Å². The highest BCUT2D eigenvalue weighted by Gasteiger charge is 2.41. The molecule has 1 N–H and O–H groups in total. The second-order valence-corrected chi connectivity index (χ2v) is 6.56. The zero-order valence-corrected chi connectivity index (χ0v) is 11.3. The molecule has 3 nitrogen and oxygen atoms in total. The number of likely N-dealkylation sites (N-methyl/N-ethyl adjacent to an activating group) is 1. The quantitative estimate of drug-likeness (QED) is 0.815. The highest BCUT2D eigenvalue weighted by Crippen LogP contribution is 2.49. The van der Waals surface area contributed by atoms with Crippen molar-refractivity contribution in [2.75, 3.05) is 13.7 Å². The largest absolute Gasteiger partial charge is 0.394 e. The van der Waals surface area contributed by atoms with Crippen LogP contribution in [0.1, 0.15) is 46.0 Å². The van der Waals surface area contributed by atoms with Crippen LogP contribution in [0, 0.1) is 17.8 Å². The first-order valence-electron chi connectivity index (χ1n) is 6.81. The first-order chi connectivity index (χ1) is 7.94. The molecule has 0 spiro atoms. The highest BCUT2D eigenvalue weighted by atomic mass is 16.3. The molecule has 2 saturated carbocycles. The summed E-state index contributed by atoms with van der Waals surface area (Å²) in [4.78, 5) is 13.9. The van der Waals surface area contributed by atoms with Gasteiger partial charge in [0.2, 0.25) is 5.91 Å². The van der Waals surface area contributed by atoms with E-state index in [1.54, 1.807) is 4.90 Å². The molecule has 2 bridgehead atoms. The third-order valence-electron chi connectivity index (χ3n) is 4.99. The minimum absolute atomic E-state index is 0.0198. The van der Waals surface area contributed by atoms with E-state index in [1.807, 2.05) is 20.9 Å². The van der Waals surface area contributed by atoms with Gasteiger partial charge in [-0.15, -0.1) is 0 Å². The lowest BCUT2D eigenvalue weighted by molar-refractivity contribution is -0.137. The Morgan fingerprint density at radius 2 is 2.06 bits per heavy atom.